The maximum absolute atomic E-state index is 10.9. The largest absolute Gasteiger partial charge is 0.412 e. The molecular weight excluding hydrogens is 244 g/mol. The summed E-state index contributed by atoms with van der Waals surface area (Å²) >= 11 is 0. The molecule has 0 atom stereocenters. The molecule has 0 aliphatic carbocycles. The summed E-state index contributed by atoms with van der Waals surface area (Å²) in [6.07, 6.45) is -0.922. The monoisotopic (exact) mass is 260 g/mol. The SMILES string of the molecule is CC(C)(C)c1noc(OC(N)=O)c1-c1ccccc1. The first-order valence-corrected chi connectivity index (χ1v) is 5.92. The van der Waals surface area contributed by atoms with Crippen LogP contribution in [-0.2, 0) is 5.41 Å². The Morgan fingerprint density at radius 1 is 1.26 bits per heavy atom. The highest BCUT2D eigenvalue weighted by Gasteiger charge is 2.28. The van der Waals surface area contributed by atoms with Gasteiger partial charge in [-0.2, -0.15) is 0 Å². The zero-order chi connectivity index (χ0) is 14.0. The number of amides is 1. The standard InChI is InChI=1S/C14H16N2O3/c1-14(2,3)11-10(9-7-5-4-6-8-9)12(19-16-11)18-13(15)17/h4-8H,1-3H3,(H2,15,17). The molecule has 100 valence electrons. The van der Waals surface area contributed by atoms with Crippen LogP contribution >= 0.6 is 0 Å². The zero-order valence-corrected chi connectivity index (χ0v) is 11.1. The van der Waals surface area contributed by atoms with Gasteiger partial charge < -0.3 is 15.0 Å². The van der Waals surface area contributed by atoms with Crippen molar-refractivity contribution in [3.8, 4) is 17.1 Å². The van der Waals surface area contributed by atoms with Gasteiger partial charge in [0.15, 0.2) is 0 Å². The molecule has 0 saturated heterocycles. The van der Waals surface area contributed by atoms with E-state index in [1.807, 2.05) is 51.1 Å². The van der Waals surface area contributed by atoms with Crippen LogP contribution in [0.5, 0.6) is 5.95 Å². The maximum atomic E-state index is 10.9. The second-order valence-corrected chi connectivity index (χ2v) is 5.23. The molecule has 2 rings (SSSR count). The maximum Gasteiger partial charge on any atom is 0.412 e. The van der Waals surface area contributed by atoms with E-state index < -0.39 is 6.09 Å². The Hall–Kier alpha value is -2.30. The molecule has 2 N–H and O–H groups in total. The fraction of sp³-hybridized carbons (Fsp3) is 0.286. The summed E-state index contributed by atoms with van der Waals surface area (Å²) in [5, 5.41) is 4.01. The molecule has 0 bridgehead atoms. The van der Waals surface area contributed by atoms with Crippen LogP contribution < -0.4 is 10.5 Å². The normalized spacial score (nSPS) is 11.3. The minimum atomic E-state index is -0.922. The highest BCUT2D eigenvalue weighted by Crippen LogP contribution is 2.39. The number of primary amides is 1. The molecule has 0 aliphatic rings. The number of hydrogen-bond acceptors (Lipinski definition) is 4. The molecule has 0 radical (unpaired) electrons. The Bertz CT molecular complexity index is 582. The number of aromatic nitrogens is 1. The van der Waals surface area contributed by atoms with Crippen LogP contribution in [0.3, 0.4) is 0 Å². The zero-order valence-electron chi connectivity index (χ0n) is 11.1. The molecule has 5 heteroatoms. The minimum absolute atomic E-state index is 0.0311. The molecule has 5 nitrogen and oxygen atoms in total. The number of nitrogens with zero attached hydrogens (tertiary/aromatic N) is 1. The predicted molar refractivity (Wildman–Crippen MR) is 70.9 cm³/mol. The molecule has 1 heterocycles. The topological polar surface area (TPSA) is 78.3 Å². The van der Waals surface area contributed by atoms with E-state index in [4.69, 9.17) is 15.0 Å². The lowest BCUT2D eigenvalue weighted by atomic mass is 9.87. The first kappa shape index (κ1) is 13.1. The molecule has 1 aromatic heterocycles. The summed E-state index contributed by atoms with van der Waals surface area (Å²) in [6.45, 7) is 6.02. The lowest BCUT2D eigenvalue weighted by Gasteiger charge is -2.16. The van der Waals surface area contributed by atoms with E-state index in [1.165, 1.54) is 0 Å². The van der Waals surface area contributed by atoms with Crippen LogP contribution in [0.4, 0.5) is 4.79 Å². The van der Waals surface area contributed by atoms with Crippen LogP contribution in [0.25, 0.3) is 11.1 Å². The summed E-state index contributed by atoms with van der Waals surface area (Å²) in [7, 11) is 0. The average molecular weight is 260 g/mol. The lowest BCUT2D eigenvalue weighted by molar-refractivity contribution is 0.190. The van der Waals surface area contributed by atoms with Gasteiger partial charge in [-0.15, -0.1) is 0 Å². The van der Waals surface area contributed by atoms with Gasteiger partial charge in [0.25, 0.3) is 0 Å². The van der Waals surface area contributed by atoms with Gasteiger partial charge in [0.05, 0.1) is 5.56 Å². The van der Waals surface area contributed by atoms with Crippen molar-refractivity contribution in [2.75, 3.05) is 0 Å². The van der Waals surface area contributed by atoms with Crippen molar-refractivity contribution in [1.82, 2.24) is 5.16 Å². The van der Waals surface area contributed by atoms with Gasteiger partial charge >= 0.3 is 12.0 Å². The molecule has 1 amide bonds. The number of rotatable bonds is 2. The highest BCUT2D eigenvalue weighted by molar-refractivity contribution is 5.76. The third-order valence-corrected chi connectivity index (χ3v) is 2.63. The van der Waals surface area contributed by atoms with E-state index >= 15 is 0 Å². The first-order valence-electron chi connectivity index (χ1n) is 5.92. The van der Waals surface area contributed by atoms with Crippen molar-refractivity contribution in [3.63, 3.8) is 0 Å². The summed E-state index contributed by atoms with van der Waals surface area (Å²) in [4.78, 5) is 10.9. The van der Waals surface area contributed by atoms with Gasteiger partial charge in [0.1, 0.15) is 5.69 Å². The quantitative estimate of drug-likeness (QED) is 0.899. The van der Waals surface area contributed by atoms with Crippen LogP contribution in [0.1, 0.15) is 26.5 Å². The van der Waals surface area contributed by atoms with Gasteiger partial charge in [0.2, 0.25) is 0 Å². The molecule has 0 aliphatic heterocycles. The summed E-state index contributed by atoms with van der Waals surface area (Å²) in [5.74, 6) is 0.0311. The number of nitrogens with two attached hydrogens (primary N) is 1. The van der Waals surface area contributed by atoms with Crippen LogP contribution in [0.2, 0.25) is 0 Å². The highest BCUT2D eigenvalue weighted by atomic mass is 16.7. The van der Waals surface area contributed by atoms with Gasteiger partial charge in [-0.25, -0.2) is 4.79 Å². The average Bonchev–Trinajstić information content (AvgIpc) is 2.72. The van der Waals surface area contributed by atoms with E-state index in [2.05, 4.69) is 5.16 Å². The smallest absolute Gasteiger partial charge is 0.374 e. The third-order valence-electron chi connectivity index (χ3n) is 2.63. The fourth-order valence-corrected chi connectivity index (χ4v) is 1.81. The molecular formula is C14H16N2O3. The molecule has 0 fully saturated rings. The minimum Gasteiger partial charge on any atom is -0.374 e. The Balaban J connectivity index is 2.60. The lowest BCUT2D eigenvalue weighted by Crippen LogP contribution is -2.17. The number of carbonyl (C=O) groups excluding carboxylic acids is 1. The summed E-state index contributed by atoms with van der Waals surface area (Å²) < 4.78 is 10.00. The Labute approximate surface area is 111 Å². The van der Waals surface area contributed by atoms with Crippen LogP contribution in [-0.4, -0.2) is 11.2 Å². The predicted octanol–water partition coefficient (Wildman–Crippen LogP) is 3.10. The van der Waals surface area contributed by atoms with Crippen LogP contribution in [0, 0.1) is 0 Å². The van der Waals surface area contributed by atoms with E-state index in [9.17, 15) is 4.79 Å². The van der Waals surface area contributed by atoms with Crippen molar-refractivity contribution in [2.45, 2.75) is 26.2 Å². The van der Waals surface area contributed by atoms with Crippen LogP contribution in [0.15, 0.2) is 34.9 Å². The van der Waals surface area contributed by atoms with Crippen molar-refractivity contribution < 1.29 is 14.1 Å². The number of hydrogen-bond donors (Lipinski definition) is 1. The molecule has 0 spiro atoms. The Morgan fingerprint density at radius 3 is 2.42 bits per heavy atom. The molecule has 1 aromatic carbocycles. The van der Waals surface area contributed by atoms with E-state index in [1.54, 1.807) is 0 Å². The van der Waals surface area contributed by atoms with Gasteiger partial charge in [0, 0.05) is 5.41 Å². The van der Waals surface area contributed by atoms with E-state index in [-0.39, 0.29) is 11.4 Å². The molecule has 2 aromatic rings. The third kappa shape index (κ3) is 2.76. The van der Waals surface area contributed by atoms with Gasteiger partial charge in [-0.1, -0.05) is 56.3 Å². The first-order chi connectivity index (χ1) is 8.89. The Kier molecular flexibility index (Phi) is 3.29. The molecule has 0 saturated carbocycles. The molecule has 0 unspecified atom stereocenters. The number of benzene rings is 1. The molecule has 19 heavy (non-hydrogen) atoms. The van der Waals surface area contributed by atoms with Crippen molar-refractivity contribution in [3.05, 3.63) is 36.0 Å². The Morgan fingerprint density at radius 2 is 1.89 bits per heavy atom. The van der Waals surface area contributed by atoms with Gasteiger partial charge in [-0.05, 0) is 5.56 Å². The van der Waals surface area contributed by atoms with Crippen molar-refractivity contribution in [1.29, 1.82) is 0 Å². The van der Waals surface area contributed by atoms with E-state index in [0.717, 1.165) is 11.3 Å². The number of ether oxygens (including phenoxy) is 1. The number of carbonyl (C=O) groups is 1. The second-order valence-electron chi connectivity index (χ2n) is 5.23. The summed E-state index contributed by atoms with van der Waals surface area (Å²) in [5.41, 5.74) is 7.04. The second kappa shape index (κ2) is 4.76. The van der Waals surface area contributed by atoms with Gasteiger partial charge in [-0.3, -0.25) is 0 Å². The fourth-order valence-electron chi connectivity index (χ4n) is 1.81. The van der Waals surface area contributed by atoms with Crippen molar-refractivity contribution in [2.24, 2.45) is 5.73 Å². The summed E-state index contributed by atoms with van der Waals surface area (Å²) in [6, 6.07) is 9.49. The van der Waals surface area contributed by atoms with Crippen molar-refractivity contribution >= 4 is 6.09 Å². The van der Waals surface area contributed by atoms with E-state index in [0.29, 0.717) is 5.56 Å².